The molecular formula is C26H31N5O5. The summed E-state index contributed by atoms with van der Waals surface area (Å²) in [5, 5.41) is 20.8. The molecule has 2 aliphatic heterocycles. The molecule has 0 fully saturated rings. The van der Waals surface area contributed by atoms with Crippen molar-refractivity contribution in [1.29, 1.82) is 0 Å². The molecule has 1 aromatic heterocycles. The molecule has 3 heterocycles. The first-order valence-electron chi connectivity index (χ1n) is 12.3. The molecule has 2 aromatic rings. The van der Waals surface area contributed by atoms with Crippen molar-refractivity contribution < 1.29 is 24.3 Å². The molecule has 2 aliphatic rings. The van der Waals surface area contributed by atoms with Gasteiger partial charge in [0.2, 0.25) is 5.91 Å². The first kappa shape index (κ1) is 25.3. The second-order valence-corrected chi connectivity index (χ2v) is 9.07. The summed E-state index contributed by atoms with van der Waals surface area (Å²) in [6.07, 6.45) is 3.60. The Kier molecular flexibility index (Phi) is 8.27. The molecule has 1 unspecified atom stereocenters. The first-order chi connectivity index (χ1) is 17.4. The van der Waals surface area contributed by atoms with Gasteiger partial charge in [0.25, 0.3) is 5.91 Å². The summed E-state index contributed by atoms with van der Waals surface area (Å²) in [6, 6.07) is 8.51. The Balaban J connectivity index is 1.15. The zero-order valence-corrected chi connectivity index (χ0v) is 20.0. The average molecular weight is 494 g/mol. The van der Waals surface area contributed by atoms with E-state index in [1.54, 1.807) is 24.3 Å². The van der Waals surface area contributed by atoms with Crippen LogP contribution < -0.4 is 21.3 Å². The number of ketones is 1. The molecule has 0 spiro atoms. The van der Waals surface area contributed by atoms with Gasteiger partial charge in [-0.25, -0.2) is 4.79 Å². The summed E-state index contributed by atoms with van der Waals surface area (Å²) in [5.74, 6) is -2.50. The van der Waals surface area contributed by atoms with Gasteiger partial charge in [-0.2, -0.15) is 0 Å². The average Bonchev–Trinajstić information content (AvgIpc) is 3.22. The number of rotatable bonds is 11. The number of aromatic nitrogens is 1. The van der Waals surface area contributed by atoms with Crippen molar-refractivity contribution in [1.82, 2.24) is 20.9 Å². The molecule has 0 radical (unpaired) electrons. The first-order valence-corrected chi connectivity index (χ1v) is 12.3. The van der Waals surface area contributed by atoms with Gasteiger partial charge < -0.3 is 26.4 Å². The number of Topliss-reactive ketones (excluding diaryl/α,β-unsaturated/α-hetero) is 1. The van der Waals surface area contributed by atoms with Gasteiger partial charge in [-0.05, 0) is 49.4 Å². The number of carboxylic acids is 1. The lowest BCUT2D eigenvalue weighted by Gasteiger charge is -2.17. The van der Waals surface area contributed by atoms with E-state index in [1.807, 2.05) is 6.07 Å². The molecule has 4 rings (SSSR count). The highest BCUT2D eigenvalue weighted by Gasteiger charge is 2.36. The number of aryl methyl sites for hydroxylation is 1. The third-order valence-corrected chi connectivity index (χ3v) is 6.45. The fourth-order valence-electron chi connectivity index (χ4n) is 4.46. The summed E-state index contributed by atoms with van der Waals surface area (Å²) in [5.41, 5.74) is 4.38. The number of para-hydroxylation sites is 1. The number of amides is 2. The second-order valence-electron chi connectivity index (χ2n) is 9.07. The Bertz CT molecular complexity index is 1150. The van der Waals surface area contributed by atoms with Crippen LogP contribution in [0.25, 0.3) is 0 Å². The van der Waals surface area contributed by atoms with Crippen molar-refractivity contribution in [2.24, 2.45) is 0 Å². The minimum Gasteiger partial charge on any atom is -0.480 e. The Labute approximate surface area is 209 Å². The van der Waals surface area contributed by atoms with Crippen molar-refractivity contribution in [3.05, 3.63) is 58.9 Å². The van der Waals surface area contributed by atoms with Gasteiger partial charge >= 0.3 is 5.97 Å². The summed E-state index contributed by atoms with van der Waals surface area (Å²) in [6.45, 7) is 1.90. The number of hydrogen-bond donors (Lipinski definition) is 5. The van der Waals surface area contributed by atoms with Gasteiger partial charge in [-0.1, -0.05) is 18.2 Å². The van der Waals surface area contributed by atoms with Crippen LogP contribution in [0.1, 0.15) is 53.0 Å². The maximum absolute atomic E-state index is 12.6. The number of hydrogen-bond acceptors (Lipinski definition) is 7. The molecule has 10 nitrogen and oxygen atoms in total. The molecule has 2 amide bonds. The fourth-order valence-corrected chi connectivity index (χ4v) is 4.46. The largest absolute Gasteiger partial charge is 0.480 e. The summed E-state index contributed by atoms with van der Waals surface area (Å²) in [4.78, 5) is 53.5. The number of carbonyl (C=O) groups is 4. The van der Waals surface area contributed by atoms with Gasteiger partial charge in [0.1, 0.15) is 6.04 Å². The maximum Gasteiger partial charge on any atom is 0.326 e. The number of carboxylic acid groups (broad SMARTS) is 1. The van der Waals surface area contributed by atoms with Crippen molar-refractivity contribution in [2.75, 3.05) is 18.4 Å². The minimum absolute atomic E-state index is 0.00851. The van der Waals surface area contributed by atoms with Gasteiger partial charge in [0.05, 0.1) is 0 Å². The van der Waals surface area contributed by atoms with E-state index < -0.39 is 29.7 Å². The lowest BCUT2D eigenvalue weighted by molar-refractivity contribution is -0.142. The number of aliphatic carboxylic acids is 1. The standard InChI is InChI=1S/C26H31N5O5/c32-22(8-4-1-5-17-10-9-16-15-27-13-11-19(16)29-17)28-14-12-21(26(35)36)31-25(34)23-24(33)18-6-2-3-7-20(18)30-23/h2-3,6-7,9-10,21,23,27,30H,1,4-5,8,11-15H2,(H,28,32)(H,31,34)(H,35,36)/t21-,23?/m0/s1. The summed E-state index contributed by atoms with van der Waals surface area (Å²) in [7, 11) is 0. The van der Waals surface area contributed by atoms with Gasteiger partial charge in [0.15, 0.2) is 11.8 Å². The normalized spacial score (nSPS) is 16.9. The van der Waals surface area contributed by atoms with Crippen LogP contribution in [0, 0.1) is 0 Å². The smallest absolute Gasteiger partial charge is 0.326 e. The lowest BCUT2D eigenvalue weighted by Crippen LogP contribution is -2.50. The third kappa shape index (κ3) is 6.25. The third-order valence-electron chi connectivity index (χ3n) is 6.45. The van der Waals surface area contributed by atoms with Crippen LogP contribution in [0.3, 0.4) is 0 Å². The Hall–Kier alpha value is -3.79. The molecular weight excluding hydrogens is 462 g/mol. The highest BCUT2D eigenvalue weighted by molar-refractivity contribution is 6.21. The summed E-state index contributed by atoms with van der Waals surface area (Å²) < 4.78 is 0. The molecule has 190 valence electrons. The topological polar surface area (TPSA) is 150 Å². The predicted octanol–water partition coefficient (Wildman–Crippen LogP) is 1.19. The van der Waals surface area contributed by atoms with Crippen LogP contribution in [0.5, 0.6) is 0 Å². The molecule has 36 heavy (non-hydrogen) atoms. The van der Waals surface area contributed by atoms with Crippen LogP contribution in [-0.4, -0.2) is 58.8 Å². The van der Waals surface area contributed by atoms with E-state index >= 15 is 0 Å². The van der Waals surface area contributed by atoms with Crippen LogP contribution in [0.15, 0.2) is 36.4 Å². The van der Waals surface area contributed by atoms with Crippen LogP contribution in [0.4, 0.5) is 5.69 Å². The number of carbonyl (C=O) groups excluding carboxylic acids is 3. The van der Waals surface area contributed by atoms with E-state index in [0.29, 0.717) is 24.1 Å². The molecule has 0 saturated heterocycles. The zero-order valence-electron chi connectivity index (χ0n) is 20.0. The fraction of sp³-hybridized carbons (Fsp3) is 0.423. The van der Waals surface area contributed by atoms with Crippen LogP contribution in [0.2, 0.25) is 0 Å². The molecule has 5 N–H and O–H groups in total. The van der Waals surface area contributed by atoms with E-state index in [2.05, 4.69) is 27.3 Å². The quantitative estimate of drug-likeness (QED) is 0.231. The van der Waals surface area contributed by atoms with E-state index in [0.717, 1.165) is 43.7 Å². The number of anilines is 1. The van der Waals surface area contributed by atoms with E-state index in [9.17, 15) is 24.3 Å². The van der Waals surface area contributed by atoms with Crippen LogP contribution >= 0.6 is 0 Å². The van der Waals surface area contributed by atoms with Crippen LogP contribution in [-0.2, 0) is 33.8 Å². The molecule has 1 aromatic carbocycles. The van der Waals surface area contributed by atoms with E-state index in [4.69, 9.17) is 4.98 Å². The van der Waals surface area contributed by atoms with Gasteiger partial charge in [-0.15, -0.1) is 0 Å². The SMILES string of the molecule is O=C(CCCCc1ccc2c(n1)CCNC2)NCC[C@H](NC(=O)C1Nc2ccccc2C1=O)C(=O)O. The predicted molar refractivity (Wildman–Crippen MR) is 133 cm³/mol. The molecule has 0 aliphatic carbocycles. The lowest BCUT2D eigenvalue weighted by atomic mass is 10.0. The van der Waals surface area contributed by atoms with Gasteiger partial charge in [-0.3, -0.25) is 19.4 Å². The monoisotopic (exact) mass is 493 g/mol. The highest BCUT2D eigenvalue weighted by Crippen LogP contribution is 2.25. The highest BCUT2D eigenvalue weighted by atomic mass is 16.4. The number of pyridine rings is 1. The van der Waals surface area contributed by atoms with Crippen molar-refractivity contribution in [3.8, 4) is 0 Å². The van der Waals surface area contributed by atoms with Crippen molar-refractivity contribution in [2.45, 2.75) is 57.2 Å². The Morgan fingerprint density at radius 3 is 2.78 bits per heavy atom. The minimum atomic E-state index is -1.23. The number of benzene rings is 1. The van der Waals surface area contributed by atoms with Crippen molar-refractivity contribution >= 4 is 29.3 Å². The molecule has 2 atom stereocenters. The molecule has 0 bridgehead atoms. The molecule has 0 saturated carbocycles. The van der Waals surface area contributed by atoms with Crippen molar-refractivity contribution in [3.63, 3.8) is 0 Å². The number of fused-ring (bicyclic) bond motifs is 2. The Morgan fingerprint density at radius 2 is 1.97 bits per heavy atom. The van der Waals surface area contributed by atoms with Gasteiger partial charge in [0, 0.05) is 55.1 Å². The number of nitrogens with one attached hydrogen (secondary N) is 4. The zero-order chi connectivity index (χ0) is 25.5. The summed E-state index contributed by atoms with van der Waals surface area (Å²) >= 11 is 0. The number of unbranched alkanes of at least 4 members (excludes halogenated alkanes) is 1. The van der Waals surface area contributed by atoms with E-state index in [1.165, 1.54) is 5.56 Å². The molecule has 10 heteroatoms. The number of nitrogens with zero attached hydrogens (tertiary/aromatic N) is 1. The maximum atomic E-state index is 12.6. The second kappa shape index (κ2) is 11.8. The Morgan fingerprint density at radius 1 is 1.14 bits per heavy atom. The van der Waals surface area contributed by atoms with E-state index in [-0.39, 0.29) is 18.9 Å².